The maximum Gasteiger partial charge on any atom is 0.501 e. The van der Waals surface area contributed by atoms with Crippen LogP contribution < -0.4 is 25.4 Å². The van der Waals surface area contributed by atoms with E-state index in [2.05, 4.69) is 24.3 Å². The van der Waals surface area contributed by atoms with E-state index in [0.29, 0.717) is 11.3 Å². The summed E-state index contributed by atoms with van der Waals surface area (Å²) in [5.74, 6) is 0.650. The molecule has 2 aliphatic rings. The van der Waals surface area contributed by atoms with E-state index in [9.17, 15) is 21.6 Å². The van der Waals surface area contributed by atoms with Gasteiger partial charge in [-0.05, 0) is 55.9 Å². The first kappa shape index (κ1) is 25.9. The number of hydrogen-bond acceptors (Lipinski definition) is 4. The molecule has 0 radical (unpaired) electrons. The highest BCUT2D eigenvalue weighted by Gasteiger charge is 2.56. The van der Waals surface area contributed by atoms with Gasteiger partial charge in [0.1, 0.15) is 24.7 Å². The van der Waals surface area contributed by atoms with Crippen LogP contribution in [0.25, 0.3) is 0 Å². The van der Waals surface area contributed by atoms with E-state index in [1.54, 1.807) is 6.07 Å². The van der Waals surface area contributed by atoms with Crippen LogP contribution in [0.5, 0.6) is 11.5 Å². The Morgan fingerprint density at radius 2 is 1.21 bits per heavy atom. The molecule has 200 valence electrons. The molecule has 0 saturated heterocycles. The molecule has 2 aliphatic heterocycles. The molecule has 4 aromatic carbocycles. The molecule has 0 N–H and O–H groups in total. The lowest BCUT2D eigenvalue weighted by molar-refractivity contribution is -0.0436. The van der Waals surface area contributed by atoms with Crippen LogP contribution in [0, 0.1) is 13.8 Å². The van der Waals surface area contributed by atoms with Gasteiger partial charge in [0.25, 0.3) is 9.84 Å². The van der Waals surface area contributed by atoms with E-state index >= 15 is 0 Å². The van der Waals surface area contributed by atoms with E-state index in [1.165, 1.54) is 12.1 Å². The number of hydrogen-bond donors (Lipinski definition) is 0. The van der Waals surface area contributed by atoms with Crippen LogP contribution in [0.15, 0.2) is 89.8 Å². The maximum absolute atomic E-state index is 13.8. The maximum atomic E-state index is 13.8. The second-order valence-corrected chi connectivity index (χ2v) is 14.0. The Morgan fingerprint density at radius 1 is 0.718 bits per heavy atom. The minimum atomic E-state index is -5.64. The Hall–Kier alpha value is -3.35. The molecule has 39 heavy (non-hydrogen) atoms. The Labute approximate surface area is 226 Å². The van der Waals surface area contributed by atoms with Crippen molar-refractivity contribution in [1.29, 1.82) is 0 Å². The zero-order chi connectivity index (χ0) is 27.6. The lowest BCUT2D eigenvalue weighted by atomic mass is 9.78. The van der Waals surface area contributed by atoms with Crippen molar-refractivity contribution in [3.8, 4) is 11.5 Å². The van der Waals surface area contributed by atoms with Crippen molar-refractivity contribution in [1.82, 2.24) is 0 Å². The summed E-state index contributed by atoms with van der Waals surface area (Å²) in [4.78, 5) is -0.786. The molecule has 9 heteroatoms. The molecule has 0 unspecified atom stereocenters. The van der Waals surface area contributed by atoms with Gasteiger partial charge in [-0.1, -0.05) is 77.9 Å². The predicted octanol–water partition coefficient (Wildman–Crippen LogP) is 5.43. The fraction of sp³-hybridized carbons (Fsp3) is 0.200. The summed E-state index contributed by atoms with van der Waals surface area (Å²) in [7, 11) is -6.82. The van der Waals surface area contributed by atoms with Crippen LogP contribution in [-0.4, -0.2) is 27.1 Å². The number of fused-ring (bicyclic) bond motifs is 4. The van der Waals surface area contributed by atoms with Crippen LogP contribution >= 0.6 is 7.92 Å². The molecule has 4 nitrogen and oxygen atoms in total. The van der Waals surface area contributed by atoms with Crippen LogP contribution in [0.4, 0.5) is 13.2 Å². The molecule has 0 aliphatic carbocycles. The lowest BCUT2D eigenvalue weighted by Gasteiger charge is -2.29. The molecular weight excluding hydrogens is 544 g/mol. The summed E-state index contributed by atoms with van der Waals surface area (Å²) in [5, 5.41) is 3.01. The second kappa shape index (κ2) is 9.10. The third-order valence-electron chi connectivity index (χ3n) is 7.32. The zero-order valence-corrected chi connectivity index (χ0v) is 22.8. The molecule has 1 atom stereocenters. The Bertz CT molecular complexity index is 1630. The third-order valence-corrected chi connectivity index (χ3v) is 11.3. The highest BCUT2D eigenvalue weighted by molar-refractivity contribution is 7.92. The molecule has 4 aromatic rings. The van der Waals surface area contributed by atoms with Crippen molar-refractivity contribution in [2.75, 3.05) is 13.2 Å². The van der Waals surface area contributed by atoms with E-state index in [1.807, 2.05) is 50.2 Å². The van der Waals surface area contributed by atoms with Gasteiger partial charge in [-0.2, -0.15) is 13.2 Å². The van der Waals surface area contributed by atoms with Gasteiger partial charge in [0.2, 0.25) is 0 Å². The molecular formula is C30H24F3O4PS. The number of aryl methyl sites for hydroxylation is 2. The molecule has 6 rings (SSSR count). The van der Waals surface area contributed by atoms with Gasteiger partial charge in [-0.15, -0.1) is 0 Å². The first-order valence-electron chi connectivity index (χ1n) is 12.3. The van der Waals surface area contributed by atoms with Crippen molar-refractivity contribution in [2.24, 2.45) is 0 Å². The summed E-state index contributed by atoms with van der Waals surface area (Å²) in [6.07, 6.45) is 0. The average Bonchev–Trinajstić information content (AvgIpc) is 3.48. The average molecular weight is 569 g/mol. The monoisotopic (exact) mass is 568 g/mol. The van der Waals surface area contributed by atoms with E-state index in [-0.39, 0.29) is 24.5 Å². The summed E-state index contributed by atoms with van der Waals surface area (Å²) >= 11 is 0. The fourth-order valence-electron chi connectivity index (χ4n) is 5.43. The number of ether oxygens (including phenoxy) is 2. The molecule has 0 aromatic heterocycles. The number of halogens is 3. The van der Waals surface area contributed by atoms with Gasteiger partial charge in [0.15, 0.2) is 0 Å². The number of sulfone groups is 1. The van der Waals surface area contributed by atoms with E-state index < -0.39 is 33.6 Å². The van der Waals surface area contributed by atoms with Crippen LogP contribution in [0.2, 0.25) is 0 Å². The van der Waals surface area contributed by atoms with E-state index in [0.717, 1.165) is 33.1 Å². The predicted molar refractivity (Wildman–Crippen MR) is 146 cm³/mol. The van der Waals surface area contributed by atoms with Crippen molar-refractivity contribution < 1.29 is 31.1 Å². The van der Waals surface area contributed by atoms with Gasteiger partial charge in [-0.3, -0.25) is 0 Å². The van der Waals surface area contributed by atoms with Crippen molar-refractivity contribution >= 4 is 33.7 Å². The van der Waals surface area contributed by atoms with Crippen LogP contribution in [0.3, 0.4) is 0 Å². The first-order valence-corrected chi connectivity index (χ1v) is 15.1. The zero-order valence-electron chi connectivity index (χ0n) is 21.1. The number of benzene rings is 4. The van der Waals surface area contributed by atoms with Gasteiger partial charge in [0, 0.05) is 11.1 Å². The van der Waals surface area contributed by atoms with Crippen molar-refractivity contribution in [3.05, 3.63) is 107 Å². The Morgan fingerprint density at radius 3 is 1.72 bits per heavy atom. The third kappa shape index (κ3) is 4.04. The van der Waals surface area contributed by atoms with Crippen molar-refractivity contribution in [3.63, 3.8) is 0 Å². The van der Waals surface area contributed by atoms with Gasteiger partial charge in [-0.25, -0.2) is 8.42 Å². The minimum absolute atomic E-state index is 0.0105. The fourth-order valence-corrected chi connectivity index (χ4v) is 9.03. The Balaban J connectivity index is 1.63. The largest absolute Gasteiger partial charge is 0.501 e. The molecule has 1 spiro atoms. The minimum Gasteiger partial charge on any atom is -0.492 e. The highest BCUT2D eigenvalue weighted by Crippen LogP contribution is 2.55. The summed E-state index contributed by atoms with van der Waals surface area (Å²) in [5.41, 5.74) is -3.76. The molecule has 0 amide bonds. The smallest absolute Gasteiger partial charge is 0.492 e. The van der Waals surface area contributed by atoms with Gasteiger partial charge < -0.3 is 9.47 Å². The van der Waals surface area contributed by atoms with Gasteiger partial charge >= 0.3 is 5.51 Å². The summed E-state index contributed by atoms with van der Waals surface area (Å²) in [6, 6.07) is 25.9. The van der Waals surface area contributed by atoms with E-state index in [4.69, 9.17) is 9.47 Å². The normalized spacial score (nSPS) is 18.1. The SMILES string of the molecule is Cc1ccc(P(c2ccc(C)cc2)c2cccc3c2[C@@]2(CO3)COc3cccc(S(=O)(=O)C(F)(F)F)c32)cc1. The number of alkyl halides is 3. The van der Waals surface area contributed by atoms with Crippen LogP contribution in [-0.2, 0) is 15.3 Å². The second-order valence-electron chi connectivity index (χ2n) is 9.89. The van der Waals surface area contributed by atoms with Gasteiger partial charge in [0.05, 0.1) is 10.3 Å². The standard InChI is InChI=1S/C30H24F3O4PS/c1-19-9-13-21(14-10-19)38(22-15-11-20(2)12-16-22)25-7-3-5-23-27(25)29(17-36-23)18-37-24-6-4-8-26(28(24)29)39(34,35)30(31,32)33/h3-16H,17-18H2,1-2H3/t29-/m1/s1. The first-order chi connectivity index (χ1) is 18.5. The molecule has 0 saturated carbocycles. The van der Waals surface area contributed by atoms with Crippen LogP contribution in [0.1, 0.15) is 22.3 Å². The van der Waals surface area contributed by atoms with Crippen molar-refractivity contribution in [2.45, 2.75) is 29.7 Å². The number of rotatable bonds is 4. The quantitative estimate of drug-likeness (QED) is 0.309. The molecule has 2 heterocycles. The summed E-state index contributed by atoms with van der Waals surface area (Å²) < 4.78 is 79.0. The lowest BCUT2D eigenvalue weighted by Crippen LogP contribution is -2.38. The Kier molecular flexibility index (Phi) is 6.05. The molecule has 0 bridgehead atoms. The molecule has 0 fully saturated rings. The highest BCUT2D eigenvalue weighted by atomic mass is 32.2. The summed E-state index contributed by atoms with van der Waals surface area (Å²) in [6.45, 7) is 3.97. The topological polar surface area (TPSA) is 52.6 Å².